The standard InChI is InChI=1S/C19H25N3S.HI/c1-2-20-19(21-12-10-18-9-6-14-23-18)22-13-11-17(15-22)16-7-4-3-5-8-16;/h3-9,14,17H,2,10-13,15H2,1H3,(H,20,21);1H. The third-order valence-electron chi connectivity index (χ3n) is 4.29. The first kappa shape index (κ1) is 19.2. The highest BCUT2D eigenvalue weighted by Crippen LogP contribution is 2.26. The van der Waals surface area contributed by atoms with Gasteiger partial charge in [0.1, 0.15) is 0 Å². The predicted molar refractivity (Wildman–Crippen MR) is 115 cm³/mol. The Labute approximate surface area is 166 Å². The smallest absolute Gasteiger partial charge is 0.193 e. The lowest BCUT2D eigenvalue weighted by molar-refractivity contribution is 0.486. The second-order valence-electron chi connectivity index (χ2n) is 5.91. The highest BCUT2D eigenvalue weighted by molar-refractivity contribution is 14.0. The van der Waals surface area contributed by atoms with Crippen LogP contribution in [0.1, 0.15) is 29.7 Å². The molecule has 0 bridgehead atoms. The first-order chi connectivity index (χ1) is 11.4. The Morgan fingerprint density at radius 3 is 2.79 bits per heavy atom. The summed E-state index contributed by atoms with van der Waals surface area (Å²) in [6.45, 7) is 6.07. The Morgan fingerprint density at radius 2 is 2.08 bits per heavy atom. The van der Waals surface area contributed by atoms with E-state index in [1.807, 2.05) is 11.3 Å². The van der Waals surface area contributed by atoms with Gasteiger partial charge in [-0.15, -0.1) is 35.3 Å². The monoisotopic (exact) mass is 455 g/mol. The van der Waals surface area contributed by atoms with Crippen LogP contribution in [0.5, 0.6) is 0 Å². The van der Waals surface area contributed by atoms with E-state index < -0.39 is 0 Å². The Balaban J connectivity index is 0.00000208. The van der Waals surface area contributed by atoms with E-state index in [2.05, 4.69) is 65.0 Å². The van der Waals surface area contributed by atoms with Crippen molar-refractivity contribution in [3.8, 4) is 0 Å². The number of hydrogen-bond donors (Lipinski definition) is 1. The van der Waals surface area contributed by atoms with Gasteiger partial charge in [-0.2, -0.15) is 0 Å². The molecule has 1 aliphatic rings. The predicted octanol–water partition coefficient (Wildman–Crippen LogP) is 4.36. The van der Waals surface area contributed by atoms with Crippen molar-refractivity contribution in [3.63, 3.8) is 0 Å². The Hall–Kier alpha value is -1.08. The van der Waals surface area contributed by atoms with Gasteiger partial charge in [-0.05, 0) is 30.4 Å². The van der Waals surface area contributed by atoms with Gasteiger partial charge in [-0.25, -0.2) is 0 Å². The van der Waals surface area contributed by atoms with Crippen molar-refractivity contribution in [2.75, 3.05) is 26.2 Å². The zero-order valence-electron chi connectivity index (χ0n) is 14.1. The van der Waals surface area contributed by atoms with Gasteiger partial charge in [0.15, 0.2) is 5.96 Å². The van der Waals surface area contributed by atoms with E-state index in [9.17, 15) is 0 Å². The van der Waals surface area contributed by atoms with Gasteiger partial charge >= 0.3 is 0 Å². The van der Waals surface area contributed by atoms with Gasteiger partial charge in [0.05, 0.1) is 0 Å². The fourth-order valence-electron chi connectivity index (χ4n) is 3.10. The summed E-state index contributed by atoms with van der Waals surface area (Å²) < 4.78 is 0. The lowest BCUT2D eigenvalue weighted by Crippen LogP contribution is -2.40. The average molecular weight is 455 g/mol. The maximum absolute atomic E-state index is 4.84. The van der Waals surface area contributed by atoms with Gasteiger partial charge in [-0.1, -0.05) is 36.4 Å². The number of nitrogens with zero attached hydrogens (tertiary/aromatic N) is 2. The van der Waals surface area contributed by atoms with E-state index in [0.717, 1.165) is 38.6 Å². The maximum Gasteiger partial charge on any atom is 0.193 e. The van der Waals surface area contributed by atoms with Crippen LogP contribution in [0.25, 0.3) is 0 Å². The summed E-state index contributed by atoms with van der Waals surface area (Å²) in [7, 11) is 0. The van der Waals surface area contributed by atoms with Crippen LogP contribution in [0.15, 0.2) is 52.8 Å². The number of rotatable bonds is 5. The van der Waals surface area contributed by atoms with Crippen LogP contribution in [-0.2, 0) is 6.42 Å². The second-order valence-corrected chi connectivity index (χ2v) is 6.94. The first-order valence-corrected chi connectivity index (χ1v) is 9.35. The molecule has 1 fully saturated rings. The fraction of sp³-hybridized carbons (Fsp3) is 0.421. The topological polar surface area (TPSA) is 27.6 Å². The Kier molecular flexibility index (Phi) is 8.05. The molecule has 1 unspecified atom stereocenters. The van der Waals surface area contributed by atoms with Gasteiger partial charge in [0, 0.05) is 43.4 Å². The molecule has 3 rings (SSSR count). The lowest BCUT2D eigenvalue weighted by atomic mass is 9.99. The molecule has 2 aromatic rings. The SMILES string of the molecule is CCNC(=NCCc1cccs1)N1CCC(c2ccccc2)C1.I. The molecular formula is C19H26IN3S. The second kappa shape index (κ2) is 10.0. The largest absolute Gasteiger partial charge is 0.357 e. The highest BCUT2D eigenvalue weighted by atomic mass is 127. The quantitative estimate of drug-likeness (QED) is 0.412. The van der Waals surface area contributed by atoms with E-state index in [4.69, 9.17) is 4.99 Å². The summed E-state index contributed by atoms with van der Waals surface area (Å²) in [5.74, 6) is 1.69. The van der Waals surface area contributed by atoms with E-state index in [0.29, 0.717) is 5.92 Å². The van der Waals surface area contributed by atoms with Crippen LogP contribution in [-0.4, -0.2) is 37.0 Å². The molecule has 24 heavy (non-hydrogen) atoms. The van der Waals surface area contributed by atoms with Crippen LogP contribution < -0.4 is 5.32 Å². The molecule has 1 saturated heterocycles. The highest BCUT2D eigenvalue weighted by Gasteiger charge is 2.25. The molecule has 0 saturated carbocycles. The maximum atomic E-state index is 4.84. The van der Waals surface area contributed by atoms with Crippen molar-refractivity contribution in [1.82, 2.24) is 10.2 Å². The van der Waals surface area contributed by atoms with Crippen LogP contribution in [0.4, 0.5) is 0 Å². The molecule has 1 aromatic carbocycles. The number of guanidine groups is 1. The van der Waals surface area contributed by atoms with Crippen molar-refractivity contribution in [2.45, 2.75) is 25.7 Å². The summed E-state index contributed by atoms with van der Waals surface area (Å²) in [5.41, 5.74) is 1.45. The van der Waals surface area contributed by atoms with Crippen molar-refractivity contribution < 1.29 is 0 Å². The molecule has 1 aliphatic heterocycles. The zero-order chi connectivity index (χ0) is 15.9. The van der Waals surface area contributed by atoms with Crippen LogP contribution in [0.2, 0.25) is 0 Å². The minimum Gasteiger partial charge on any atom is -0.357 e. The van der Waals surface area contributed by atoms with Crippen molar-refractivity contribution in [3.05, 3.63) is 58.3 Å². The minimum atomic E-state index is 0. The summed E-state index contributed by atoms with van der Waals surface area (Å²) in [6.07, 6.45) is 2.24. The number of halogens is 1. The van der Waals surface area contributed by atoms with E-state index in [1.54, 1.807) is 0 Å². The van der Waals surface area contributed by atoms with Crippen molar-refractivity contribution >= 4 is 41.3 Å². The van der Waals surface area contributed by atoms with Crippen molar-refractivity contribution in [2.24, 2.45) is 4.99 Å². The van der Waals surface area contributed by atoms with E-state index >= 15 is 0 Å². The van der Waals surface area contributed by atoms with E-state index in [1.165, 1.54) is 16.9 Å². The molecule has 0 amide bonds. The minimum absolute atomic E-state index is 0. The van der Waals surface area contributed by atoms with Crippen LogP contribution >= 0.6 is 35.3 Å². The fourth-order valence-corrected chi connectivity index (χ4v) is 3.80. The molecule has 0 spiro atoms. The summed E-state index contributed by atoms with van der Waals surface area (Å²) in [5, 5.41) is 5.59. The molecular weight excluding hydrogens is 429 g/mol. The van der Waals surface area contributed by atoms with Gasteiger partial charge in [-0.3, -0.25) is 4.99 Å². The zero-order valence-corrected chi connectivity index (χ0v) is 17.3. The number of nitrogens with one attached hydrogen (secondary N) is 1. The van der Waals surface area contributed by atoms with Crippen LogP contribution in [0, 0.1) is 0 Å². The summed E-state index contributed by atoms with van der Waals surface area (Å²) >= 11 is 1.81. The third-order valence-corrected chi connectivity index (χ3v) is 5.23. The number of benzene rings is 1. The first-order valence-electron chi connectivity index (χ1n) is 8.47. The molecule has 1 atom stereocenters. The van der Waals surface area contributed by atoms with Crippen molar-refractivity contribution in [1.29, 1.82) is 0 Å². The molecule has 3 nitrogen and oxygen atoms in total. The third kappa shape index (κ3) is 5.21. The van der Waals surface area contributed by atoms with Gasteiger partial charge in [0.2, 0.25) is 0 Å². The molecule has 0 aliphatic carbocycles. The normalized spacial score (nSPS) is 17.6. The number of likely N-dealkylation sites (tertiary alicyclic amines) is 1. The average Bonchev–Trinajstić information content (AvgIpc) is 3.27. The summed E-state index contributed by atoms with van der Waals surface area (Å²) in [6, 6.07) is 15.2. The molecule has 5 heteroatoms. The summed E-state index contributed by atoms with van der Waals surface area (Å²) in [4.78, 5) is 8.66. The molecule has 1 aromatic heterocycles. The molecule has 1 N–H and O–H groups in total. The number of aliphatic imine (C=N–C) groups is 1. The molecule has 0 radical (unpaired) electrons. The Morgan fingerprint density at radius 1 is 1.25 bits per heavy atom. The Bertz CT molecular complexity index is 613. The molecule has 130 valence electrons. The number of thiophene rings is 1. The van der Waals surface area contributed by atoms with E-state index in [-0.39, 0.29) is 24.0 Å². The lowest BCUT2D eigenvalue weighted by Gasteiger charge is -2.21. The molecule has 2 heterocycles. The van der Waals surface area contributed by atoms with Gasteiger partial charge in [0.25, 0.3) is 0 Å². The van der Waals surface area contributed by atoms with Gasteiger partial charge < -0.3 is 10.2 Å². The van der Waals surface area contributed by atoms with Crippen LogP contribution in [0.3, 0.4) is 0 Å². The number of hydrogen-bond acceptors (Lipinski definition) is 2.